The first-order chi connectivity index (χ1) is 22.2. The van der Waals surface area contributed by atoms with E-state index in [0.29, 0.717) is 19.6 Å². The summed E-state index contributed by atoms with van der Waals surface area (Å²) in [6.45, 7) is 20.6. The zero-order chi connectivity index (χ0) is 36.7. The molecule has 0 saturated heterocycles. The molecule has 48 heavy (non-hydrogen) atoms. The van der Waals surface area contributed by atoms with Crippen LogP contribution in [0.1, 0.15) is 120 Å². The highest BCUT2D eigenvalue weighted by molar-refractivity contribution is 5.35. The summed E-state index contributed by atoms with van der Waals surface area (Å²) in [5.74, 6) is 0. The van der Waals surface area contributed by atoms with Crippen LogP contribution in [0.3, 0.4) is 0 Å². The summed E-state index contributed by atoms with van der Waals surface area (Å²) in [6.07, 6.45) is 17.6. The Morgan fingerprint density at radius 2 is 0.625 bits per heavy atom. The number of rotatable bonds is 9. The number of hydrogen-bond acceptors (Lipinski definition) is 12. The van der Waals surface area contributed by atoms with Gasteiger partial charge in [0.25, 0.3) is 0 Å². The van der Waals surface area contributed by atoms with Crippen LogP contribution in [0.25, 0.3) is 0 Å². The van der Waals surface area contributed by atoms with Gasteiger partial charge in [0.05, 0.1) is 37.8 Å². The lowest BCUT2D eigenvalue weighted by Crippen LogP contribution is -2.39. The van der Waals surface area contributed by atoms with Gasteiger partial charge in [-0.2, -0.15) is 0 Å². The van der Waals surface area contributed by atoms with Gasteiger partial charge in [0.2, 0.25) is 36.5 Å². The molecule has 3 fully saturated rings. The van der Waals surface area contributed by atoms with Crippen LogP contribution in [-0.4, -0.2) is 74.2 Å². The van der Waals surface area contributed by atoms with E-state index in [1.54, 1.807) is 36.5 Å². The molecule has 3 rings (SSSR count). The van der Waals surface area contributed by atoms with Crippen molar-refractivity contribution in [2.24, 2.45) is 62.4 Å². The molecule has 264 valence electrons. The molecule has 0 bridgehead atoms. The van der Waals surface area contributed by atoms with Crippen LogP contribution < -0.4 is 0 Å². The molecule has 0 N–H and O–H groups in total. The van der Waals surface area contributed by atoms with Crippen molar-refractivity contribution in [2.45, 2.75) is 138 Å². The highest BCUT2D eigenvalue weighted by Gasteiger charge is 2.43. The molecule has 3 aliphatic carbocycles. The lowest BCUT2D eigenvalue weighted by Gasteiger charge is -2.44. The summed E-state index contributed by atoms with van der Waals surface area (Å²) in [6, 6.07) is 0.0225. The zero-order valence-corrected chi connectivity index (χ0v) is 30.4. The maximum atomic E-state index is 10.3. The molecule has 0 aliphatic heterocycles. The number of carbonyl (C=O) groups excluding carboxylic acids is 6. The molecular formula is C36H54N6O6. The third-order valence-electron chi connectivity index (χ3n) is 9.55. The van der Waals surface area contributed by atoms with Gasteiger partial charge in [-0.05, 0) is 90.3 Å². The standard InChI is InChI=1S/3C12H18N2O2/c3*1-11(2)4-10(14-9-16)5-12(3,6-11)7-13-8-15/h3*10H,4-7H2,1-3H3. The fraction of sp³-hybridized carbons (Fsp3) is 0.833. The van der Waals surface area contributed by atoms with Crippen LogP contribution in [-0.2, 0) is 28.8 Å². The van der Waals surface area contributed by atoms with Gasteiger partial charge in [-0.25, -0.2) is 58.7 Å². The second-order valence-corrected chi connectivity index (χ2v) is 17.5. The zero-order valence-electron chi connectivity index (χ0n) is 30.4. The molecule has 0 aromatic rings. The average Bonchev–Trinajstić information content (AvgIpc) is 2.92. The lowest BCUT2D eigenvalue weighted by atomic mass is 9.63. The van der Waals surface area contributed by atoms with Gasteiger partial charge in [-0.1, -0.05) is 62.3 Å². The summed E-state index contributed by atoms with van der Waals surface area (Å²) >= 11 is 0. The Morgan fingerprint density at radius 1 is 0.396 bits per heavy atom. The van der Waals surface area contributed by atoms with E-state index in [9.17, 15) is 28.8 Å². The Labute approximate surface area is 285 Å². The molecular weight excluding hydrogens is 612 g/mol. The van der Waals surface area contributed by atoms with Gasteiger partial charge in [-0.3, -0.25) is 0 Å². The Bertz CT molecular complexity index is 1220. The summed E-state index contributed by atoms with van der Waals surface area (Å²) in [4.78, 5) is 84.1. The molecule has 0 aromatic heterocycles. The van der Waals surface area contributed by atoms with Gasteiger partial charge >= 0.3 is 0 Å². The van der Waals surface area contributed by atoms with Gasteiger partial charge in [0, 0.05) is 0 Å². The van der Waals surface area contributed by atoms with E-state index in [0.717, 1.165) is 57.8 Å². The SMILES string of the molecule is CC1(C)CC(N=C=O)CC(C)(CN=C=O)C1.CC1(C)CC(N=C=O)CC(C)(CN=C=O)C1.CC1(C)CC(N=C=O)CC(C)(CN=C=O)C1. The van der Waals surface area contributed by atoms with Crippen molar-refractivity contribution in [3.63, 3.8) is 0 Å². The second-order valence-electron chi connectivity index (χ2n) is 17.5. The van der Waals surface area contributed by atoms with Crippen molar-refractivity contribution in [2.75, 3.05) is 19.6 Å². The van der Waals surface area contributed by atoms with Crippen LogP contribution in [0.4, 0.5) is 0 Å². The smallest absolute Gasteiger partial charge is 0.211 e. The topological polar surface area (TPSA) is 177 Å². The second kappa shape index (κ2) is 18.2. The fourth-order valence-electron chi connectivity index (χ4n) is 9.26. The first-order valence-corrected chi connectivity index (χ1v) is 16.5. The molecule has 3 saturated carbocycles. The van der Waals surface area contributed by atoms with E-state index in [4.69, 9.17) is 0 Å². The van der Waals surface area contributed by atoms with Gasteiger partial charge in [0.15, 0.2) is 0 Å². The quantitative estimate of drug-likeness (QED) is 0.195. The number of nitrogens with zero attached hydrogens (tertiary/aromatic N) is 6. The minimum absolute atomic E-state index is 0.00750. The van der Waals surface area contributed by atoms with Crippen LogP contribution in [0.15, 0.2) is 30.0 Å². The van der Waals surface area contributed by atoms with Crippen molar-refractivity contribution in [1.82, 2.24) is 0 Å². The fourth-order valence-corrected chi connectivity index (χ4v) is 9.26. The van der Waals surface area contributed by atoms with Gasteiger partial charge in [0.1, 0.15) is 0 Å². The molecule has 0 radical (unpaired) electrons. The molecule has 12 nitrogen and oxygen atoms in total. The van der Waals surface area contributed by atoms with Crippen molar-refractivity contribution in [1.29, 1.82) is 0 Å². The van der Waals surface area contributed by atoms with E-state index >= 15 is 0 Å². The van der Waals surface area contributed by atoms with Crippen LogP contribution in [0, 0.1) is 32.5 Å². The van der Waals surface area contributed by atoms with E-state index in [1.165, 1.54) is 0 Å². The molecule has 0 spiro atoms. The van der Waals surface area contributed by atoms with Crippen molar-refractivity contribution in [3.8, 4) is 0 Å². The van der Waals surface area contributed by atoms with Crippen LogP contribution >= 0.6 is 0 Å². The highest BCUT2D eigenvalue weighted by atomic mass is 16.1. The van der Waals surface area contributed by atoms with E-state index < -0.39 is 0 Å². The minimum atomic E-state index is -0.0653. The minimum Gasteiger partial charge on any atom is -0.211 e. The van der Waals surface area contributed by atoms with Gasteiger partial charge < -0.3 is 0 Å². The van der Waals surface area contributed by atoms with E-state index in [1.807, 2.05) is 0 Å². The highest BCUT2D eigenvalue weighted by Crippen LogP contribution is 2.49. The van der Waals surface area contributed by atoms with Crippen LogP contribution in [0.2, 0.25) is 0 Å². The Kier molecular flexibility index (Phi) is 16.0. The third kappa shape index (κ3) is 15.5. The summed E-state index contributed by atoms with van der Waals surface area (Å²) in [5.41, 5.74) is 0.168. The Hall–Kier alpha value is -3.72. The van der Waals surface area contributed by atoms with E-state index in [-0.39, 0.29) is 50.6 Å². The Balaban J connectivity index is 0.000000360. The molecule has 3 aliphatic rings. The largest absolute Gasteiger partial charge is 0.235 e. The number of aliphatic imine (C=N–C) groups is 6. The van der Waals surface area contributed by atoms with Gasteiger partial charge in [-0.15, -0.1) is 0 Å². The van der Waals surface area contributed by atoms with Crippen molar-refractivity contribution < 1.29 is 28.8 Å². The normalized spacial score (nSPS) is 32.3. The number of isocyanates is 6. The predicted molar refractivity (Wildman–Crippen MR) is 182 cm³/mol. The maximum Gasteiger partial charge on any atom is 0.235 e. The first kappa shape index (κ1) is 42.3. The molecule has 12 heteroatoms. The Morgan fingerprint density at radius 3 is 0.812 bits per heavy atom. The summed E-state index contributed by atoms with van der Waals surface area (Å²) in [5, 5.41) is 0. The van der Waals surface area contributed by atoms with E-state index in [2.05, 4.69) is 92.3 Å². The summed E-state index contributed by atoms with van der Waals surface area (Å²) in [7, 11) is 0. The molecule has 0 aromatic carbocycles. The number of hydrogen-bond donors (Lipinski definition) is 0. The molecule has 0 heterocycles. The molecule has 0 amide bonds. The third-order valence-corrected chi connectivity index (χ3v) is 9.55. The van der Waals surface area contributed by atoms with Crippen molar-refractivity contribution in [3.05, 3.63) is 0 Å². The average molecular weight is 667 g/mol. The lowest BCUT2D eigenvalue weighted by molar-refractivity contribution is 0.0911. The maximum absolute atomic E-state index is 10.3. The first-order valence-electron chi connectivity index (χ1n) is 16.5. The summed E-state index contributed by atoms with van der Waals surface area (Å²) < 4.78 is 0. The van der Waals surface area contributed by atoms with Crippen molar-refractivity contribution >= 4 is 36.5 Å². The van der Waals surface area contributed by atoms with Crippen LogP contribution in [0.5, 0.6) is 0 Å². The predicted octanol–water partition coefficient (Wildman–Crippen LogP) is 6.73. The molecule has 6 unspecified atom stereocenters. The molecule has 6 atom stereocenters. The monoisotopic (exact) mass is 666 g/mol.